The predicted octanol–water partition coefficient (Wildman–Crippen LogP) is 2.45. The maximum absolute atomic E-state index is 11.3. The van der Waals surface area contributed by atoms with Gasteiger partial charge in [0.15, 0.2) is 0 Å². The zero-order chi connectivity index (χ0) is 15.4. The lowest BCUT2D eigenvalue weighted by Crippen LogP contribution is -2.02. The Morgan fingerprint density at radius 2 is 2.36 bits per heavy atom. The summed E-state index contributed by atoms with van der Waals surface area (Å²) in [5.41, 5.74) is 0. The van der Waals surface area contributed by atoms with Gasteiger partial charge in [0.2, 0.25) is 10.9 Å². The minimum atomic E-state index is -0.487. The Morgan fingerprint density at radius 3 is 3.14 bits per heavy atom. The normalized spacial score (nSPS) is 10.8. The molecule has 0 fully saturated rings. The van der Waals surface area contributed by atoms with Gasteiger partial charge < -0.3 is 9.15 Å². The molecule has 0 saturated heterocycles. The molecule has 0 atom stereocenters. The van der Waals surface area contributed by atoms with Gasteiger partial charge in [0.1, 0.15) is 5.76 Å². The van der Waals surface area contributed by atoms with E-state index in [9.17, 15) is 4.79 Å². The van der Waals surface area contributed by atoms with E-state index in [0.29, 0.717) is 23.2 Å². The molecule has 0 aliphatic carbocycles. The molecule has 0 radical (unpaired) electrons. The molecule has 0 aliphatic heterocycles. The van der Waals surface area contributed by atoms with Crippen molar-refractivity contribution in [2.75, 3.05) is 7.11 Å². The van der Waals surface area contributed by atoms with Crippen LogP contribution in [-0.2, 0) is 17.0 Å². The zero-order valence-corrected chi connectivity index (χ0v) is 13.3. The molecular weight excluding hydrogens is 324 g/mol. The van der Waals surface area contributed by atoms with Gasteiger partial charge in [0.05, 0.1) is 19.4 Å². The molecule has 114 valence electrons. The van der Waals surface area contributed by atoms with Crippen LogP contribution in [0.2, 0.25) is 0 Å². The predicted molar refractivity (Wildman–Crippen MR) is 80.8 cm³/mol. The topological polar surface area (TPSA) is 83.0 Å². The van der Waals surface area contributed by atoms with E-state index in [1.165, 1.54) is 23.7 Å². The Bertz CT molecular complexity index is 751. The van der Waals surface area contributed by atoms with Crippen molar-refractivity contribution in [3.8, 4) is 0 Å². The number of tetrazole rings is 1. The minimum absolute atomic E-state index is 0.191. The van der Waals surface area contributed by atoms with E-state index < -0.39 is 5.97 Å². The van der Waals surface area contributed by atoms with Crippen LogP contribution in [0.5, 0.6) is 0 Å². The first-order valence-electron chi connectivity index (χ1n) is 6.34. The Balaban J connectivity index is 1.63. The second kappa shape index (κ2) is 6.75. The van der Waals surface area contributed by atoms with E-state index >= 15 is 0 Å². The highest BCUT2D eigenvalue weighted by molar-refractivity contribution is 7.98. The van der Waals surface area contributed by atoms with Crippen LogP contribution in [0.1, 0.15) is 21.2 Å². The largest absolute Gasteiger partial charge is 0.463 e. The van der Waals surface area contributed by atoms with Crippen molar-refractivity contribution >= 4 is 29.1 Å². The lowest BCUT2D eigenvalue weighted by atomic mass is 10.4. The molecule has 0 aromatic carbocycles. The second-order valence-electron chi connectivity index (χ2n) is 4.24. The summed E-state index contributed by atoms with van der Waals surface area (Å²) in [6.45, 7) is 0.637. The molecule has 7 nitrogen and oxygen atoms in total. The number of aromatic nitrogens is 4. The summed E-state index contributed by atoms with van der Waals surface area (Å²) in [6.07, 6.45) is 0. The smallest absolute Gasteiger partial charge is 0.373 e. The number of rotatable bonds is 6. The van der Waals surface area contributed by atoms with Gasteiger partial charge in [0.25, 0.3) is 0 Å². The molecule has 9 heteroatoms. The quantitative estimate of drug-likeness (QED) is 0.505. The van der Waals surface area contributed by atoms with Gasteiger partial charge in [-0.05, 0) is 34.0 Å². The summed E-state index contributed by atoms with van der Waals surface area (Å²) in [5.74, 6) is 0.896. The first-order chi connectivity index (χ1) is 10.8. The standard InChI is InChI=1S/C13H12N4O3S2/c1-19-12(18)11-5-4-9(20-11)8-22-13-14-15-16-17(13)7-10-3-2-6-21-10/h2-6H,7-8H2,1H3. The fourth-order valence-corrected chi connectivity index (χ4v) is 3.21. The van der Waals surface area contributed by atoms with E-state index in [-0.39, 0.29) is 5.76 Å². The van der Waals surface area contributed by atoms with Crippen LogP contribution in [-0.4, -0.2) is 33.3 Å². The van der Waals surface area contributed by atoms with Crippen LogP contribution in [0.4, 0.5) is 0 Å². The van der Waals surface area contributed by atoms with Crippen LogP contribution in [0.25, 0.3) is 0 Å². The second-order valence-corrected chi connectivity index (χ2v) is 6.22. The maximum atomic E-state index is 11.3. The lowest BCUT2D eigenvalue weighted by Gasteiger charge is -2.01. The van der Waals surface area contributed by atoms with Crippen molar-refractivity contribution < 1.29 is 13.9 Å². The summed E-state index contributed by atoms with van der Waals surface area (Å²) in [5, 5.41) is 14.4. The number of methoxy groups -OCH3 is 1. The fraction of sp³-hybridized carbons (Fsp3) is 0.231. The molecule has 0 aliphatic rings. The van der Waals surface area contributed by atoms with E-state index in [4.69, 9.17) is 4.42 Å². The highest BCUT2D eigenvalue weighted by atomic mass is 32.2. The SMILES string of the molecule is COC(=O)c1ccc(CSc2nnnn2Cc2cccs2)o1. The first kappa shape index (κ1) is 14.8. The molecule has 3 rings (SSSR count). The van der Waals surface area contributed by atoms with Crippen molar-refractivity contribution in [1.29, 1.82) is 0 Å². The molecule has 0 unspecified atom stereocenters. The Hall–Kier alpha value is -2.13. The summed E-state index contributed by atoms with van der Waals surface area (Å²) >= 11 is 3.10. The number of furan rings is 1. The zero-order valence-electron chi connectivity index (χ0n) is 11.6. The van der Waals surface area contributed by atoms with Gasteiger partial charge in [-0.1, -0.05) is 17.8 Å². The third-order valence-electron chi connectivity index (χ3n) is 2.78. The number of thiophene rings is 1. The monoisotopic (exact) mass is 336 g/mol. The molecule has 3 heterocycles. The van der Waals surface area contributed by atoms with Crippen molar-refractivity contribution in [2.24, 2.45) is 0 Å². The summed E-state index contributed by atoms with van der Waals surface area (Å²) in [4.78, 5) is 12.5. The molecule has 22 heavy (non-hydrogen) atoms. The summed E-state index contributed by atoms with van der Waals surface area (Å²) < 4.78 is 11.7. The van der Waals surface area contributed by atoms with E-state index in [0.717, 1.165) is 0 Å². The van der Waals surface area contributed by atoms with Gasteiger partial charge in [-0.15, -0.1) is 16.4 Å². The average molecular weight is 336 g/mol. The van der Waals surface area contributed by atoms with Gasteiger partial charge in [-0.3, -0.25) is 0 Å². The molecule has 0 spiro atoms. The Kier molecular flexibility index (Phi) is 4.54. The van der Waals surface area contributed by atoms with Crippen molar-refractivity contribution in [2.45, 2.75) is 17.5 Å². The van der Waals surface area contributed by atoms with Crippen molar-refractivity contribution in [3.05, 3.63) is 46.0 Å². The summed E-state index contributed by atoms with van der Waals surface area (Å²) in [7, 11) is 1.32. The number of hydrogen-bond acceptors (Lipinski definition) is 8. The maximum Gasteiger partial charge on any atom is 0.373 e. The molecule has 0 bridgehead atoms. The Morgan fingerprint density at radius 1 is 1.45 bits per heavy atom. The van der Waals surface area contributed by atoms with Crippen LogP contribution in [0, 0.1) is 0 Å². The minimum Gasteiger partial charge on any atom is -0.463 e. The average Bonchev–Trinajstić information content (AvgIpc) is 3.27. The van der Waals surface area contributed by atoms with E-state index in [1.807, 2.05) is 17.5 Å². The number of nitrogens with zero attached hydrogens (tertiary/aromatic N) is 4. The van der Waals surface area contributed by atoms with Crippen LogP contribution < -0.4 is 0 Å². The van der Waals surface area contributed by atoms with E-state index in [1.54, 1.807) is 28.2 Å². The van der Waals surface area contributed by atoms with E-state index in [2.05, 4.69) is 20.3 Å². The van der Waals surface area contributed by atoms with Crippen LogP contribution in [0.15, 0.2) is 39.2 Å². The number of hydrogen-bond donors (Lipinski definition) is 0. The van der Waals surface area contributed by atoms with Crippen molar-refractivity contribution in [1.82, 2.24) is 20.2 Å². The molecule has 0 saturated carbocycles. The Labute approximate surface area is 134 Å². The number of thioether (sulfide) groups is 1. The summed E-state index contributed by atoms with van der Waals surface area (Å²) in [6, 6.07) is 7.37. The highest BCUT2D eigenvalue weighted by Gasteiger charge is 2.13. The van der Waals surface area contributed by atoms with Crippen molar-refractivity contribution in [3.63, 3.8) is 0 Å². The van der Waals surface area contributed by atoms with Gasteiger partial charge >= 0.3 is 5.97 Å². The van der Waals surface area contributed by atoms with Crippen LogP contribution >= 0.6 is 23.1 Å². The third kappa shape index (κ3) is 3.37. The molecule has 0 N–H and O–H groups in total. The number of carbonyl (C=O) groups excluding carboxylic acids is 1. The number of ether oxygens (including phenoxy) is 1. The number of esters is 1. The van der Waals surface area contributed by atoms with Gasteiger partial charge in [-0.25, -0.2) is 9.48 Å². The molecule has 3 aromatic heterocycles. The third-order valence-corrected chi connectivity index (χ3v) is 4.62. The first-order valence-corrected chi connectivity index (χ1v) is 8.21. The molecular formula is C13H12N4O3S2. The van der Waals surface area contributed by atoms with Crippen LogP contribution in [0.3, 0.4) is 0 Å². The lowest BCUT2D eigenvalue weighted by molar-refractivity contribution is 0.0563. The molecule has 0 amide bonds. The van der Waals surface area contributed by atoms with Gasteiger partial charge in [0, 0.05) is 4.88 Å². The number of carbonyl (C=O) groups is 1. The highest BCUT2D eigenvalue weighted by Crippen LogP contribution is 2.22. The fourth-order valence-electron chi connectivity index (χ4n) is 1.75. The molecule has 3 aromatic rings. The van der Waals surface area contributed by atoms with Gasteiger partial charge in [-0.2, -0.15) is 0 Å².